The number of para-hydroxylation sites is 1. The Labute approximate surface area is 239 Å². The van der Waals surface area contributed by atoms with E-state index in [2.05, 4.69) is 34.5 Å². The first-order chi connectivity index (χ1) is 18.5. The number of benzene rings is 3. The SMILES string of the molecule is O=C(Nc1nc2c(s1)CN(Cc1ccccc1)CC2)c1cc(-c2ccc(Cl)c(Cl)c2Cl)nc2ccccc12. The molecular formula is C29H21Cl3N4OS. The minimum absolute atomic E-state index is 0.251. The Morgan fingerprint density at radius 1 is 0.947 bits per heavy atom. The van der Waals surface area contributed by atoms with Gasteiger partial charge in [-0.3, -0.25) is 15.0 Å². The molecular weight excluding hydrogens is 559 g/mol. The molecule has 5 nitrogen and oxygen atoms in total. The minimum atomic E-state index is -0.256. The molecule has 3 aromatic carbocycles. The lowest BCUT2D eigenvalue weighted by Gasteiger charge is -2.25. The molecule has 9 heteroatoms. The van der Waals surface area contributed by atoms with E-state index in [-0.39, 0.29) is 10.9 Å². The van der Waals surface area contributed by atoms with Crippen molar-refractivity contribution in [1.82, 2.24) is 14.9 Å². The van der Waals surface area contributed by atoms with Crippen LogP contribution in [0.4, 0.5) is 5.13 Å². The van der Waals surface area contributed by atoms with E-state index < -0.39 is 0 Å². The Kier molecular flexibility index (Phi) is 7.08. The van der Waals surface area contributed by atoms with Crippen molar-refractivity contribution in [3.63, 3.8) is 0 Å². The van der Waals surface area contributed by atoms with Crippen LogP contribution in [0.25, 0.3) is 22.2 Å². The van der Waals surface area contributed by atoms with E-state index in [0.29, 0.717) is 37.5 Å². The first kappa shape index (κ1) is 25.3. The van der Waals surface area contributed by atoms with Crippen molar-refractivity contribution in [2.75, 3.05) is 11.9 Å². The van der Waals surface area contributed by atoms with Gasteiger partial charge in [0.05, 0.1) is 37.5 Å². The highest BCUT2D eigenvalue weighted by Gasteiger charge is 2.23. The molecule has 1 aliphatic rings. The van der Waals surface area contributed by atoms with Crippen molar-refractivity contribution in [3.8, 4) is 11.3 Å². The Bertz CT molecular complexity index is 1670. The van der Waals surface area contributed by atoms with Gasteiger partial charge >= 0.3 is 0 Å². The molecule has 5 aromatic rings. The number of fused-ring (bicyclic) bond motifs is 2. The molecule has 0 saturated heterocycles. The zero-order chi connectivity index (χ0) is 26.2. The summed E-state index contributed by atoms with van der Waals surface area (Å²) in [4.78, 5) is 26.6. The first-order valence-corrected chi connectivity index (χ1v) is 14.0. The van der Waals surface area contributed by atoms with Gasteiger partial charge in [-0.2, -0.15) is 0 Å². The predicted octanol–water partition coefficient (Wildman–Crippen LogP) is 8.13. The number of rotatable bonds is 5. The molecule has 2 aromatic heterocycles. The van der Waals surface area contributed by atoms with Crippen LogP contribution in [0.3, 0.4) is 0 Å². The largest absolute Gasteiger partial charge is 0.298 e. The third-order valence-corrected chi connectivity index (χ3v) is 8.84. The number of thiazole rings is 1. The molecule has 1 amide bonds. The molecule has 190 valence electrons. The molecule has 38 heavy (non-hydrogen) atoms. The molecule has 0 aliphatic carbocycles. The van der Waals surface area contributed by atoms with Crippen molar-refractivity contribution in [1.29, 1.82) is 0 Å². The predicted molar refractivity (Wildman–Crippen MR) is 157 cm³/mol. The number of nitrogens with one attached hydrogen (secondary N) is 1. The van der Waals surface area contributed by atoms with Crippen molar-refractivity contribution in [2.24, 2.45) is 0 Å². The van der Waals surface area contributed by atoms with Crippen LogP contribution < -0.4 is 5.32 Å². The van der Waals surface area contributed by atoms with Gasteiger partial charge < -0.3 is 0 Å². The van der Waals surface area contributed by atoms with Gasteiger partial charge in [-0.25, -0.2) is 9.97 Å². The second-order valence-electron chi connectivity index (χ2n) is 9.08. The van der Waals surface area contributed by atoms with Gasteiger partial charge in [0.25, 0.3) is 5.91 Å². The highest BCUT2D eigenvalue weighted by atomic mass is 35.5. The van der Waals surface area contributed by atoms with E-state index in [0.717, 1.165) is 37.1 Å². The highest BCUT2D eigenvalue weighted by molar-refractivity contribution is 7.15. The zero-order valence-corrected chi connectivity index (χ0v) is 23.1. The summed E-state index contributed by atoms with van der Waals surface area (Å²) in [6.45, 7) is 2.64. The van der Waals surface area contributed by atoms with Gasteiger partial charge in [0.15, 0.2) is 5.13 Å². The van der Waals surface area contributed by atoms with Crippen LogP contribution >= 0.6 is 46.1 Å². The number of carbonyl (C=O) groups excluding carboxylic acids is 1. The summed E-state index contributed by atoms with van der Waals surface area (Å²) in [5, 5.41) is 5.26. The number of halogens is 3. The number of nitrogens with zero attached hydrogens (tertiary/aromatic N) is 3. The summed E-state index contributed by atoms with van der Waals surface area (Å²) in [6, 6.07) is 23.1. The van der Waals surface area contributed by atoms with Crippen LogP contribution in [0.1, 0.15) is 26.5 Å². The van der Waals surface area contributed by atoms with Crippen LogP contribution in [-0.2, 0) is 19.5 Å². The van der Waals surface area contributed by atoms with Crippen LogP contribution in [0, 0.1) is 0 Å². The van der Waals surface area contributed by atoms with Gasteiger partial charge in [0.1, 0.15) is 0 Å². The van der Waals surface area contributed by atoms with E-state index in [1.54, 1.807) is 18.2 Å². The fraction of sp³-hybridized carbons (Fsp3) is 0.138. The molecule has 0 bridgehead atoms. The van der Waals surface area contributed by atoms with E-state index >= 15 is 0 Å². The summed E-state index contributed by atoms with van der Waals surface area (Å²) in [5.74, 6) is -0.256. The van der Waals surface area contributed by atoms with Gasteiger partial charge in [-0.1, -0.05) is 83.3 Å². The Morgan fingerprint density at radius 3 is 2.58 bits per heavy atom. The minimum Gasteiger partial charge on any atom is -0.298 e. The zero-order valence-electron chi connectivity index (χ0n) is 20.0. The number of hydrogen-bond acceptors (Lipinski definition) is 5. The summed E-state index contributed by atoms with van der Waals surface area (Å²) in [7, 11) is 0. The van der Waals surface area contributed by atoms with Gasteiger partial charge in [0.2, 0.25) is 0 Å². The maximum atomic E-state index is 13.6. The van der Waals surface area contributed by atoms with E-state index in [1.807, 2.05) is 30.3 Å². The average molecular weight is 580 g/mol. The third kappa shape index (κ3) is 5.03. The smallest absolute Gasteiger partial charge is 0.258 e. The molecule has 0 radical (unpaired) electrons. The molecule has 0 fully saturated rings. The van der Waals surface area contributed by atoms with Crippen molar-refractivity contribution < 1.29 is 4.79 Å². The fourth-order valence-corrected chi connectivity index (χ4v) is 6.35. The van der Waals surface area contributed by atoms with Crippen LogP contribution in [0.5, 0.6) is 0 Å². The van der Waals surface area contributed by atoms with Gasteiger partial charge in [-0.05, 0) is 29.8 Å². The number of carbonyl (C=O) groups is 1. The van der Waals surface area contributed by atoms with E-state index in [1.165, 1.54) is 21.8 Å². The van der Waals surface area contributed by atoms with Gasteiger partial charge in [-0.15, -0.1) is 11.3 Å². The number of aromatic nitrogens is 2. The average Bonchev–Trinajstić information content (AvgIpc) is 3.33. The van der Waals surface area contributed by atoms with Crippen molar-refractivity contribution in [2.45, 2.75) is 19.5 Å². The number of amides is 1. The van der Waals surface area contributed by atoms with Crippen molar-refractivity contribution in [3.05, 3.63) is 110 Å². The number of anilines is 1. The summed E-state index contributed by atoms with van der Waals surface area (Å²) >= 11 is 20.4. The second kappa shape index (κ2) is 10.6. The first-order valence-electron chi connectivity index (χ1n) is 12.1. The molecule has 0 atom stereocenters. The molecule has 3 heterocycles. The van der Waals surface area contributed by atoms with Crippen LogP contribution in [-0.4, -0.2) is 27.3 Å². The fourth-order valence-electron chi connectivity index (χ4n) is 4.67. The monoisotopic (exact) mass is 578 g/mol. The molecule has 0 unspecified atom stereocenters. The lowest BCUT2D eigenvalue weighted by molar-refractivity contribution is 0.102. The third-order valence-electron chi connectivity index (χ3n) is 6.55. The summed E-state index contributed by atoms with van der Waals surface area (Å²) < 4.78 is 0. The molecule has 1 N–H and O–H groups in total. The Morgan fingerprint density at radius 2 is 1.74 bits per heavy atom. The Balaban J connectivity index is 1.28. The number of hydrogen-bond donors (Lipinski definition) is 1. The van der Waals surface area contributed by atoms with E-state index in [4.69, 9.17) is 44.8 Å². The summed E-state index contributed by atoms with van der Waals surface area (Å²) in [5.41, 5.74) is 4.63. The maximum Gasteiger partial charge on any atom is 0.258 e. The van der Waals surface area contributed by atoms with Gasteiger partial charge in [0, 0.05) is 41.9 Å². The number of pyridine rings is 1. The van der Waals surface area contributed by atoms with Crippen LogP contribution in [0.2, 0.25) is 15.1 Å². The second-order valence-corrected chi connectivity index (χ2v) is 11.3. The van der Waals surface area contributed by atoms with E-state index in [9.17, 15) is 4.79 Å². The lowest BCUT2D eigenvalue weighted by Crippen LogP contribution is -2.29. The quantitative estimate of drug-likeness (QED) is 0.214. The Hall–Kier alpha value is -3.00. The highest BCUT2D eigenvalue weighted by Crippen LogP contribution is 2.38. The topological polar surface area (TPSA) is 58.1 Å². The molecule has 6 rings (SSSR count). The van der Waals surface area contributed by atoms with Crippen molar-refractivity contribution >= 4 is 68.1 Å². The standard InChI is InChI=1S/C29H21Cl3N4OS/c30-21-11-10-19(26(31)27(21)32)24-14-20(18-8-4-5-9-22(18)33-24)28(37)35-29-34-23-12-13-36(16-25(23)38-29)15-17-6-2-1-3-7-17/h1-11,14H,12-13,15-16H2,(H,34,35,37). The van der Waals surface area contributed by atoms with Crippen LogP contribution in [0.15, 0.2) is 72.8 Å². The molecule has 1 aliphatic heterocycles. The molecule has 0 saturated carbocycles. The maximum absolute atomic E-state index is 13.6. The normalized spacial score (nSPS) is 13.4. The molecule has 0 spiro atoms. The lowest BCUT2D eigenvalue weighted by atomic mass is 10.0. The summed E-state index contributed by atoms with van der Waals surface area (Å²) in [6.07, 6.45) is 0.854.